The van der Waals surface area contributed by atoms with Gasteiger partial charge in [0.25, 0.3) is 0 Å². The van der Waals surface area contributed by atoms with Crippen LogP contribution in [0.4, 0.5) is 0 Å². The highest BCUT2D eigenvalue weighted by molar-refractivity contribution is 5.77. The molecular formula is C14H17NO6. The molecule has 7 heteroatoms. The molecule has 1 aromatic carbocycles. The Morgan fingerprint density at radius 1 is 1.43 bits per heavy atom. The minimum Gasteiger partial charge on any atom is -0.493 e. The number of esters is 1. The molecule has 0 aliphatic rings. The topological polar surface area (TPSA) is 108 Å². The van der Waals surface area contributed by atoms with Crippen molar-refractivity contribution in [2.24, 2.45) is 5.73 Å². The largest absolute Gasteiger partial charge is 0.493 e. The molecule has 1 rings (SSSR count). The summed E-state index contributed by atoms with van der Waals surface area (Å²) in [7, 11) is 1.40. The number of aliphatic carboxylic acids is 1. The normalized spacial score (nSPS) is 11.3. The second kappa shape index (κ2) is 7.91. The number of hydrogen-bond acceptors (Lipinski definition) is 6. The van der Waals surface area contributed by atoms with Crippen LogP contribution in [-0.4, -0.2) is 37.4 Å². The highest BCUT2D eigenvalue weighted by atomic mass is 16.5. The van der Waals surface area contributed by atoms with Gasteiger partial charge in [-0.3, -0.25) is 0 Å². The fourth-order valence-electron chi connectivity index (χ4n) is 1.50. The highest BCUT2D eigenvalue weighted by Gasteiger charge is 2.19. The van der Waals surface area contributed by atoms with Gasteiger partial charge in [0, 0.05) is 0 Å². The molecule has 1 unspecified atom stereocenters. The first-order valence-electron chi connectivity index (χ1n) is 6.05. The van der Waals surface area contributed by atoms with Crippen molar-refractivity contribution in [2.75, 3.05) is 20.3 Å². The maximum atomic E-state index is 11.7. The van der Waals surface area contributed by atoms with E-state index in [4.69, 9.17) is 25.1 Å². The standard InChI is InChI=1S/C14H17NO6/c1-3-6-20-14(18)13(15)9-4-5-10(11(7-9)19-2)21-8-12(16)17/h3-5,7,13H,1,6,8,15H2,2H3,(H,16,17). The molecule has 114 valence electrons. The van der Waals surface area contributed by atoms with E-state index in [0.717, 1.165) is 0 Å². The molecule has 0 saturated heterocycles. The van der Waals surface area contributed by atoms with E-state index in [2.05, 4.69) is 6.58 Å². The van der Waals surface area contributed by atoms with E-state index >= 15 is 0 Å². The fraction of sp³-hybridized carbons (Fsp3) is 0.286. The first-order valence-corrected chi connectivity index (χ1v) is 6.05. The summed E-state index contributed by atoms with van der Waals surface area (Å²) in [5, 5.41) is 8.58. The number of carbonyl (C=O) groups excluding carboxylic acids is 1. The van der Waals surface area contributed by atoms with E-state index in [-0.39, 0.29) is 18.1 Å². The number of benzene rings is 1. The number of carbonyl (C=O) groups is 2. The number of carboxylic acids is 1. The van der Waals surface area contributed by atoms with Crippen molar-refractivity contribution in [2.45, 2.75) is 6.04 Å². The summed E-state index contributed by atoms with van der Waals surface area (Å²) in [6.45, 7) is 3.01. The molecule has 1 aromatic rings. The summed E-state index contributed by atoms with van der Waals surface area (Å²) >= 11 is 0. The van der Waals surface area contributed by atoms with E-state index in [1.54, 1.807) is 6.07 Å². The lowest BCUT2D eigenvalue weighted by Gasteiger charge is -2.14. The lowest BCUT2D eigenvalue weighted by atomic mass is 10.1. The number of carboxylic acid groups (broad SMARTS) is 1. The van der Waals surface area contributed by atoms with Crippen LogP contribution >= 0.6 is 0 Å². The van der Waals surface area contributed by atoms with Gasteiger partial charge in [0.05, 0.1) is 7.11 Å². The Morgan fingerprint density at radius 2 is 2.14 bits per heavy atom. The van der Waals surface area contributed by atoms with Crippen LogP contribution in [0.1, 0.15) is 11.6 Å². The summed E-state index contributed by atoms with van der Waals surface area (Å²) in [6, 6.07) is 3.54. The SMILES string of the molecule is C=CCOC(=O)C(N)c1ccc(OCC(=O)O)c(OC)c1. The fourth-order valence-corrected chi connectivity index (χ4v) is 1.50. The first kappa shape index (κ1) is 16.5. The summed E-state index contributed by atoms with van der Waals surface area (Å²) in [4.78, 5) is 22.1. The smallest absolute Gasteiger partial charge is 0.341 e. The van der Waals surface area contributed by atoms with Gasteiger partial charge in [0.15, 0.2) is 18.1 Å². The van der Waals surface area contributed by atoms with E-state index in [1.807, 2.05) is 0 Å². The van der Waals surface area contributed by atoms with Crippen LogP contribution in [0, 0.1) is 0 Å². The molecule has 0 amide bonds. The van der Waals surface area contributed by atoms with Gasteiger partial charge in [-0.25, -0.2) is 9.59 Å². The maximum absolute atomic E-state index is 11.7. The lowest BCUT2D eigenvalue weighted by Crippen LogP contribution is -2.23. The summed E-state index contributed by atoms with van der Waals surface area (Å²) in [5.41, 5.74) is 6.24. The van der Waals surface area contributed by atoms with Gasteiger partial charge < -0.3 is 25.1 Å². The van der Waals surface area contributed by atoms with Crippen LogP contribution in [0.15, 0.2) is 30.9 Å². The van der Waals surface area contributed by atoms with Crippen molar-refractivity contribution >= 4 is 11.9 Å². The zero-order valence-corrected chi connectivity index (χ0v) is 11.6. The van der Waals surface area contributed by atoms with Crippen LogP contribution < -0.4 is 15.2 Å². The zero-order valence-electron chi connectivity index (χ0n) is 11.6. The molecule has 0 spiro atoms. The third kappa shape index (κ3) is 4.81. The van der Waals surface area contributed by atoms with Crippen LogP contribution in [-0.2, 0) is 14.3 Å². The van der Waals surface area contributed by atoms with Crippen LogP contribution in [0.5, 0.6) is 11.5 Å². The Bertz CT molecular complexity index is 528. The van der Waals surface area contributed by atoms with Crippen LogP contribution in [0.2, 0.25) is 0 Å². The van der Waals surface area contributed by atoms with Crippen molar-refractivity contribution in [3.05, 3.63) is 36.4 Å². The molecule has 0 aromatic heterocycles. The van der Waals surface area contributed by atoms with Gasteiger partial charge >= 0.3 is 11.9 Å². The second-order valence-electron chi connectivity index (χ2n) is 3.99. The summed E-state index contributed by atoms with van der Waals surface area (Å²) in [5.74, 6) is -1.18. The van der Waals surface area contributed by atoms with Crippen molar-refractivity contribution in [3.63, 3.8) is 0 Å². The first-order chi connectivity index (χ1) is 9.99. The number of methoxy groups -OCH3 is 1. The molecule has 0 aliphatic heterocycles. The number of hydrogen-bond donors (Lipinski definition) is 2. The average molecular weight is 295 g/mol. The molecule has 0 bridgehead atoms. The van der Waals surface area contributed by atoms with Crippen molar-refractivity contribution in [1.29, 1.82) is 0 Å². The Kier molecular flexibility index (Phi) is 6.22. The molecule has 0 saturated carbocycles. The summed E-state index contributed by atoms with van der Waals surface area (Å²) in [6.07, 6.45) is 1.44. The van der Waals surface area contributed by atoms with Gasteiger partial charge in [-0.2, -0.15) is 0 Å². The van der Waals surface area contributed by atoms with Crippen LogP contribution in [0.3, 0.4) is 0 Å². The molecular weight excluding hydrogens is 278 g/mol. The summed E-state index contributed by atoms with van der Waals surface area (Å²) < 4.78 is 15.0. The monoisotopic (exact) mass is 295 g/mol. The number of rotatable bonds is 8. The number of ether oxygens (including phenoxy) is 3. The van der Waals surface area contributed by atoms with Gasteiger partial charge in [0.1, 0.15) is 12.6 Å². The predicted molar refractivity (Wildman–Crippen MR) is 74.2 cm³/mol. The molecule has 0 fully saturated rings. The third-order valence-electron chi connectivity index (χ3n) is 2.50. The molecule has 21 heavy (non-hydrogen) atoms. The third-order valence-corrected chi connectivity index (χ3v) is 2.50. The van der Waals surface area contributed by atoms with Gasteiger partial charge in [-0.15, -0.1) is 0 Å². The number of nitrogens with two attached hydrogens (primary N) is 1. The Morgan fingerprint density at radius 3 is 2.71 bits per heavy atom. The quantitative estimate of drug-likeness (QED) is 0.541. The predicted octanol–water partition coefficient (Wildman–Crippen LogP) is 0.888. The Hall–Kier alpha value is -2.54. The second-order valence-corrected chi connectivity index (χ2v) is 3.99. The maximum Gasteiger partial charge on any atom is 0.341 e. The van der Waals surface area contributed by atoms with E-state index in [1.165, 1.54) is 25.3 Å². The molecule has 0 radical (unpaired) electrons. The zero-order chi connectivity index (χ0) is 15.8. The van der Waals surface area contributed by atoms with Gasteiger partial charge in [-0.05, 0) is 17.7 Å². The molecule has 0 heterocycles. The Labute approximate surface area is 121 Å². The molecule has 0 aliphatic carbocycles. The van der Waals surface area contributed by atoms with Crippen molar-refractivity contribution < 1.29 is 28.9 Å². The van der Waals surface area contributed by atoms with E-state index in [0.29, 0.717) is 5.56 Å². The minimum absolute atomic E-state index is 0.0729. The van der Waals surface area contributed by atoms with Crippen molar-refractivity contribution in [3.8, 4) is 11.5 Å². The van der Waals surface area contributed by atoms with E-state index < -0.39 is 24.6 Å². The van der Waals surface area contributed by atoms with E-state index in [9.17, 15) is 9.59 Å². The average Bonchev–Trinajstić information content (AvgIpc) is 2.49. The van der Waals surface area contributed by atoms with Crippen molar-refractivity contribution in [1.82, 2.24) is 0 Å². The molecule has 3 N–H and O–H groups in total. The lowest BCUT2D eigenvalue weighted by molar-refractivity contribution is -0.144. The Balaban J connectivity index is 2.87. The van der Waals surface area contributed by atoms with Gasteiger partial charge in [0.2, 0.25) is 0 Å². The molecule has 7 nitrogen and oxygen atoms in total. The minimum atomic E-state index is -1.11. The van der Waals surface area contributed by atoms with Crippen LogP contribution in [0.25, 0.3) is 0 Å². The van der Waals surface area contributed by atoms with Gasteiger partial charge in [-0.1, -0.05) is 18.7 Å². The molecule has 1 atom stereocenters. The highest BCUT2D eigenvalue weighted by Crippen LogP contribution is 2.30.